The van der Waals surface area contributed by atoms with Crippen LogP contribution in [0.15, 0.2) is 42.5 Å². The van der Waals surface area contributed by atoms with E-state index >= 15 is 0 Å². The minimum atomic E-state index is -4.42. The Kier molecular flexibility index (Phi) is 3.13. The maximum Gasteiger partial charge on any atom is 0.416 e. The number of phenolic OH excluding ortho intramolecular Hbond substituents is 1. The van der Waals surface area contributed by atoms with Gasteiger partial charge in [0.2, 0.25) is 0 Å². The Morgan fingerprint density at radius 1 is 1.09 bits per heavy atom. The van der Waals surface area contributed by atoms with Crippen LogP contribution in [-0.4, -0.2) is 21.2 Å². The summed E-state index contributed by atoms with van der Waals surface area (Å²) in [6.45, 7) is 0. The molecule has 3 aromatic rings. The number of rotatable bonds is 2. The van der Waals surface area contributed by atoms with Crippen LogP contribution in [0.4, 0.5) is 13.2 Å². The first kappa shape index (κ1) is 14.1. The average molecular weight is 306 g/mol. The summed E-state index contributed by atoms with van der Waals surface area (Å²) >= 11 is 0. The highest BCUT2D eigenvalue weighted by Gasteiger charge is 2.30. The van der Waals surface area contributed by atoms with Gasteiger partial charge in [0.15, 0.2) is 6.29 Å². The van der Waals surface area contributed by atoms with Gasteiger partial charge < -0.3 is 5.11 Å². The lowest BCUT2D eigenvalue weighted by Crippen LogP contribution is -2.05. The molecule has 1 N–H and O–H groups in total. The first-order valence-corrected chi connectivity index (χ1v) is 6.25. The van der Waals surface area contributed by atoms with Gasteiger partial charge in [0, 0.05) is 0 Å². The van der Waals surface area contributed by atoms with Crippen LogP contribution in [0.2, 0.25) is 0 Å². The lowest BCUT2D eigenvalue weighted by molar-refractivity contribution is -0.137. The van der Waals surface area contributed by atoms with E-state index in [1.54, 1.807) is 12.1 Å². The monoisotopic (exact) mass is 306 g/mol. The fourth-order valence-electron chi connectivity index (χ4n) is 2.25. The summed E-state index contributed by atoms with van der Waals surface area (Å²) in [5.41, 5.74) is 0.0396. The van der Waals surface area contributed by atoms with E-state index in [9.17, 15) is 23.1 Å². The molecule has 0 aliphatic carbocycles. The molecule has 0 bridgehead atoms. The normalized spacial score (nSPS) is 11.8. The van der Waals surface area contributed by atoms with Gasteiger partial charge in [-0.25, -0.2) is 4.68 Å². The lowest BCUT2D eigenvalue weighted by atomic mass is 10.2. The molecule has 22 heavy (non-hydrogen) atoms. The van der Waals surface area contributed by atoms with E-state index in [0.717, 1.165) is 12.1 Å². The predicted octanol–water partition coefficient (Wildman–Crippen LogP) is 3.56. The standard InChI is InChI=1S/C15H9F3N2O2/c16-15(17,18)9-4-6-10(7-5-9)20-12-2-1-3-13(22)14(12)11(8-21)19-20/h1-8,22H. The van der Waals surface area contributed by atoms with Crippen LogP contribution in [0.5, 0.6) is 5.75 Å². The van der Waals surface area contributed by atoms with Gasteiger partial charge in [-0.15, -0.1) is 0 Å². The number of carbonyl (C=O) groups excluding carboxylic acids is 1. The molecule has 0 aliphatic heterocycles. The summed E-state index contributed by atoms with van der Waals surface area (Å²) in [6.07, 6.45) is -3.93. The molecule has 3 rings (SSSR count). The molecule has 0 saturated heterocycles. The molecule has 0 amide bonds. The zero-order valence-corrected chi connectivity index (χ0v) is 11.0. The van der Waals surface area contributed by atoms with Gasteiger partial charge in [-0.2, -0.15) is 18.3 Å². The second-order valence-electron chi connectivity index (χ2n) is 4.63. The van der Waals surface area contributed by atoms with Crippen LogP contribution in [0.3, 0.4) is 0 Å². The molecule has 2 aromatic carbocycles. The van der Waals surface area contributed by atoms with Crippen LogP contribution < -0.4 is 0 Å². The maximum atomic E-state index is 12.6. The highest BCUT2D eigenvalue weighted by molar-refractivity contribution is 5.99. The van der Waals surface area contributed by atoms with Crippen molar-refractivity contribution in [1.82, 2.24) is 9.78 Å². The number of hydrogen-bond donors (Lipinski definition) is 1. The first-order valence-electron chi connectivity index (χ1n) is 6.25. The lowest BCUT2D eigenvalue weighted by Gasteiger charge is -2.08. The van der Waals surface area contributed by atoms with Gasteiger partial charge >= 0.3 is 6.18 Å². The van der Waals surface area contributed by atoms with E-state index in [4.69, 9.17) is 0 Å². The minimum Gasteiger partial charge on any atom is -0.507 e. The van der Waals surface area contributed by atoms with Gasteiger partial charge in [0.25, 0.3) is 0 Å². The van der Waals surface area contributed by atoms with Gasteiger partial charge in [-0.3, -0.25) is 4.79 Å². The topological polar surface area (TPSA) is 55.1 Å². The fourth-order valence-corrected chi connectivity index (χ4v) is 2.25. The minimum absolute atomic E-state index is 0.0213. The molecule has 4 nitrogen and oxygen atoms in total. The number of nitrogens with zero attached hydrogens (tertiary/aromatic N) is 2. The Balaban J connectivity index is 2.19. The van der Waals surface area contributed by atoms with Crippen molar-refractivity contribution in [2.75, 3.05) is 0 Å². The number of phenols is 1. The van der Waals surface area contributed by atoms with Gasteiger partial charge in [-0.05, 0) is 36.4 Å². The second kappa shape index (κ2) is 4.87. The van der Waals surface area contributed by atoms with E-state index in [0.29, 0.717) is 17.5 Å². The van der Waals surface area contributed by atoms with E-state index < -0.39 is 11.7 Å². The molecule has 0 fully saturated rings. The quantitative estimate of drug-likeness (QED) is 0.736. The van der Waals surface area contributed by atoms with E-state index in [-0.39, 0.29) is 16.8 Å². The van der Waals surface area contributed by atoms with Crippen molar-refractivity contribution in [3.8, 4) is 11.4 Å². The smallest absolute Gasteiger partial charge is 0.416 e. The number of halogens is 3. The Labute approximate surface area is 122 Å². The highest BCUT2D eigenvalue weighted by atomic mass is 19.4. The summed E-state index contributed by atoms with van der Waals surface area (Å²) in [6, 6.07) is 8.98. The summed E-state index contributed by atoms with van der Waals surface area (Å²) in [5.74, 6) is -0.113. The Morgan fingerprint density at radius 2 is 1.77 bits per heavy atom. The average Bonchev–Trinajstić information content (AvgIpc) is 2.87. The summed E-state index contributed by atoms with van der Waals surface area (Å²) in [4.78, 5) is 11.1. The third-order valence-corrected chi connectivity index (χ3v) is 3.26. The molecule has 1 aromatic heterocycles. The van der Waals surface area contributed by atoms with Crippen molar-refractivity contribution in [2.45, 2.75) is 6.18 Å². The summed E-state index contributed by atoms with van der Waals surface area (Å²) < 4.78 is 39.1. The number of aldehydes is 1. The van der Waals surface area contributed by atoms with Crippen molar-refractivity contribution in [1.29, 1.82) is 0 Å². The largest absolute Gasteiger partial charge is 0.507 e. The third-order valence-electron chi connectivity index (χ3n) is 3.26. The maximum absolute atomic E-state index is 12.6. The Morgan fingerprint density at radius 3 is 2.36 bits per heavy atom. The number of carbonyl (C=O) groups is 1. The Bertz CT molecular complexity index is 852. The number of fused-ring (bicyclic) bond motifs is 1. The van der Waals surface area contributed by atoms with E-state index in [2.05, 4.69) is 5.10 Å². The molecule has 0 unspecified atom stereocenters. The molecular weight excluding hydrogens is 297 g/mol. The SMILES string of the molecule is O=Cc1nn(-c2ccc(C(F)(F)F)cc2)c2cccc(O)c12. The fraction of sp³-hybridized carbons (Fsp3) is 0.0667. The number of alkyl halides is 3. The Hall–Kier alpha value is -2.83. The van der Waals surface area contributed by atoms with Crippen LogP contribution in [0.1, 0.15) is 16.1 Å². The molecule has 0 atom stereocenters. The third kappa shape index (κ3) is 2.20. The van der Waals surface area contributed by atoms with Crippen LogP contribution in [-0.2, 0) is 6.18 Å². The van der Waals surface area contributed by atoms with Crippen molar-refractivity contribution in [2.24, 2.45) is 0 Å². The van der Waals surface area contributed by atoms with Crippen molar-refractivity contribution >= 4 is 17.2 Å². The number of aromatic nitrogens is 2. The highest BCUT2D eigenvalue weighted by Crippen LogP contribution is 2.32. The molecule has 0 saturated carbocycles. The van der Waals surface area contributed by atoms with Crippen LogP contribution in [0, 0.1) is 0 Å². The zero-order valence-electron chi connectivity index (χ0n) is 11.0. The van der Waals surface area contributed by atoms with Crippen LogP contribution >= 0.6 is 0 Å². The summed E-state index contributed by atoms with van der Waals surface area (Å²) in [7, 11) is 0. The van der Waals surface area contributed by atoms with Gasteiger partial charge in [0.1, 0.15) is 11.4 Å². The second-order valence-corrected chi connectivity index (χ2v) is 4.63. The molecule has 7 heteroatoms. The molecular formula is C15H9F3N2O2. The number of hydrogen-bond acceptors (Lipinski definition) is 3. The first-order chi connectivity index (χ1) is 10.4. The summed E-state index contributed by atoms with van der Waals surface area (Å²) in [5, 5.41) is 14.1. The van der Waals surface area contributed by atoms with Crippen LogP contribution in [0.25, 0.3) is 16.6 Å². The molecule has 0 aliphatic rings. The van der Waals surface area contributed by atoms with E-state index in [1.807, 2.05) is 0 Å². The molecule has 112 valence electrons. The molecule has 0 spiro atoms. The van der Waals surface area contributed by atoms with E-state index in [1.165, 1.54) is 22.9 Å². The van der Waals surface area contributed by atoms with Gasteiger partial charge in [-0.1, -0.05) is 6.07 Å². The molecule has 0 radical (unpaired) electrons. The van der Waals surface area contributed by atoms with Crippen molar-refractivity contribution < 1.29 is 23.1 Å². The molecule has 1 heterocycles. The van der Waals surface area contributed by atoms with Gasteiger partial charge in [0.05, 0.1) is 22.2 Å². The predicted molar refractivity (Wildman–Crippen MR) is 73.1 cm³/mol. The number of aromatic hydroxyl groups is 1. The zero-order chi connectivity index (χ0) is 15.9. The number of benzene rings is 2. The van der Waals surface area contributed by atoms with Crippen molar-refractivity contribution in [3.63, 3.8) is 0 Å². The van der Waals surface area contributed by atoms with Crippen molar-refractivity contribution in [3.05, 3.63) is 53.7 Å².